The molecule has 1 rings (SSSR count). The van der Waals surface area contributed by atoms with Crippen molar-refractivity contribution < 1.29 is 9.50 Å². The van der Waals surface area contributed by atoms with Gasteiger partial charge in [-0.3, -0.25) is 0 Å². The zero-order valence-corrected chi connectivity index (χ0v) is 9.05. The highest BCUT2D eigenvalue weighted by molar-refractivity contribution is 6.30. The summed E-state index contributed by atoms with van der Waals surface area (Å²) >= 11 is 5.61. The van der Waals surface area contributed by atoms with E-state index in [1.807, 2.05) is 13.8 Å². The Balaban J connectivity index is 2.89. The largest absolute Gasteiger partial charge is 0.388 e. The Hall–Kier alpha value is -0.600. The molecule has 1 nitrogen and oxygen atoms in total. The molecule has 1 atom stereocenters. The molecule has 1 aromatic rings. The lowest BCUT2D eigenvalue weighted by molar-refractivity contribution is 0.147. The summed E-state index contributed by atoms with van der Waals surface area (Å²) in [5, 5.41) is 9.76. The second-order valence-electron chi connectivity index (χ2n) is 3.79. The summed E-state index contributed by atoms with van der Waals surface area (Å²) in [6, 6.07) is 4.68. The summed E-state index contributed by atoms with van der Waals surface area (Å²) in [6.07, 6.45) is -0.231. The third-order valence-corrected chi connectivity index (χ3v) is 2.33. The molecule has 14 heavy (non-hydrogen) atoms. The lowest BCUT2D eigenvalue weighted by Crippen LogP contribution is -2.04. The quantitative estimate of drug-likeness (QED) is 0.819. The maximum Gasteiger partial charge on any atom is 0.147 e. The molecule has 1 aromatic carbocycles. The van der Waals surface area contributed by atoms with E-state index in [2.05, 4.69) is 0 Å². The molecule has 0 fully saturated rings. The van der Waals surface area contributed by atoms with Crippen molar-refractivity contribution in [1.29, 1.82) is 0 Å². The second-order valence-corrected chi connectivity index (χ2v) is 4.20. The van der Waals surface area contributed by atoms with Crippen molar-refractivity contribution in [2.75, 3.05) is 0 Å². The summed E-state index contributed by atoms with van der Waals surface area (Å²) < 4.78 is 13.4. The summed E-state index contributed by atoms with van der Waals surface area (Å²) in [6.45, 7) is 3.96. The summed E-state index contributed by atoms with van der Waals surface area (Å²) in [5.41, 5.74) is 0.284. The van der Waals surface area contributed by atoms with Crippen LogP contribution in [0.25, 0.3) is 0 Å². The summed E-state index contributed by atoms with van der Waals surface area (Å²) in [5.74, 6) is -0.189. The summed E-state index contributed by atoms with van der Waals surface area (Å²) in [7, 11) is 0. The molecule has 0 aliphatic carbocycles. The van der Waals surface area contributed by atoms with Gasteiger partial charge in [0, 0.05) is 5.56 Å². The number of rotatable bonds is 3. The first-order valence-electron chi connectivity index (χ1n) is 4.64. The number of hydrogen-bond acceptors (Lipinski definition) is 1. The fourth-order valence-corrected chi connectivity index (χ4v) is 1.53. The van der Waals surface area contributed by atoms with Gasteiger partial charge in [-0.15, -0.1) is 0 Å². The highest BCUT2D eigenvalue weighted by Crippen LogP contribution is 2.27. The molecule has 0 aromatic heterocycles. The van der Waals surface area contributed by atoms with Gasteiger partial charge in [0.2, 0.25) is 0 Å². The van der Waals surface area contributed by atoms with Crippen LogP contribution < -0.4 is 0 Å². The van der Waals surface area contributed by atoms with E-state index in [4.69, 9.17) is 11.6 Å². The first-order chi connectivity index (χ1) is 6.52. The Morgan fingerprint density at radius 1 is 1.43 bits per heavy atom. The van der Waals surface area contributed by atoms with Crippen LogP contribution in [-0.2, 0) is 0 Å². The normalized spacial score (nSPS) is 13.3. The summed E-state index contributed by atoms with van der Waals surface area (Å²) in [4.78, 5) is 0. The van der Waals surface area contributed by atoms with Crippen LogP contribution in [0.1, 0.15) is 31.9 Å². The topological polar surface area (TPSA) is 20.2 Å². The molecule has 0 saturated carbocycles. The molecular weight excluding hydrogens is 203 g/mol. The Morgan fingerprint density at radius 2 is 2.07 bits per heavy atom. The molecule has 0 radical (unpaired) electrons. The van der Waals surface area contributed by atoms with E-state index in [1.54, 1.807) is 12.1 Å². The van der Waals surface area contributed by atoms with Crippen LogP contribution >= 0.6 is 11.6 Å². The molecule has 1 unspecified atom stereocenters. The molecular formula is C11H14ClFO. The number of benzene rings is 1. The molecule has 0 saturated heterocycles. The average molecular weight is 217 g/mol. The van der Waals surface area contributed by atoms with Crippen molar-refractivity contribution in [3.63, 3.8) is 0 Å². The molecule has 0 heterocycles. The van der Waals surface area contributed by atoms with Gasteiger partial charge in [0.05, 0.1) is 11.1 Å². The van der Waals surface area contributed by atoms with Gasteiger partial charge < -0.3 is 5.11 Å². The SMILES string of the molecule is CC(C)CC(O)c1cccc(Cl)c1F. The van der Waals surface area contributed by atoms with Crippen LogP contribution in [0.5, 0.6) is 0 Å². The van der Waals surface area contributed by atoms with E-state index in [1.165, 1.54) is 6.07 Å². The third-order valence-electron chi connectivity index (χ3n) is 2.04. The van der Waals surface area contributed by atoms with Gasteiger partial charge >= 0.3 is 0 Å². The lowest BCUT2D eigenvalue weighted by Gasteiger charge is -2.14. The van der Waals surface area contributed by atoms with E-state index in [9.17, 15) is 9.50 Å². The minimum Gasteiger partial charge on any atom is -0.388 e. The first kappa shape index (κ1) is 11.5. The monoisotopic (exact) mass is 216 g/mol. The highest BCUT2D eigenvalue weighted by atomic mass is 35.5. The van der Waals surface area contributed by atoms with E-state index < -0.39 is 11.9 Å². The van der Waals surface area contributed by atoms with Gasteiger partial charge in [-0.05, 0) is 18.4 Å². The van der Waals surface area contributed by atoms with E-state index in [0.29, 0.717) is 12.3 Å². The van der Waals surface area contributed by atoms with Gasteiger partial charge in [-0.25, -0.2) is 4.39 Å². The zero-order valence-electron chi connectivity index (χ0n) is 8.30. The minimum absolute atomic E-state index is 0.0605. The average Bonchev–Trinajstić information content (AvgIpc) is 2.08. The van der Waals surface area contributed by atoms with E-state index in [-0.39, 0.29) is 10.6 Å². The van der Waals surface area contributed by atoms with Crippen LogP contribution in [0, 0.1) is 11.7 Å². The van der Waals surface area contributed by atoms with Crippen molar-refractivity contribution in [3.05, 3.63) is 34.6 Å². The van der Waals surface area contributed by atoms with Gasteiger partial charge in [-0.2, -0.15) is 0 Å². The zero-order chi connectivity index (χ0) is 10.7. The van der Waals surface area contributed by atoms with Crippen LogP contribution in [0.3, 0.4) is 0 Å². The van der Waals surface area contributed by atoms with Gasteiger partial charge in [0.25, 0.3) is 0 Å². The number of hydrogen-bond donors (Lipinski definition) is 1. The number of aliphatic hydroxyl groups is 1. The van der Waals surface area contributed by atoms with Crippen molar-refractivity contribution in [2.24, 2.45) is 5.92 Å². The van der Waals surface area contributed by atoms with Crippen LogP contribution in [0.4, 0.5) is 4.39 Å². The first-order valence-corrected chi connectivity index (χ1v) is 5.02. The smallest absolute Gasteiger partial charge is 0.147 e. The number of halogens is 2. The predicted molar refractivity (Wildman–Crippen MR) is 55.8 cm³/mol. The Morgan fingerprint density at radius 3 is 2.64 bits per heavy atom. The van der Waals surface area contributed by atoms with Crippen LogP contribution in [-0.4, -0.2) is 5.11 Å². The molecule has 0 aliphatic heterocycles. The lowest BCUT2D eigenvalue weighted by atomic mass is 9.99. The van der Waals surface area contributed by atoms with E-state index >= 15 is 0 Å². The molecule has 78 valence electrons. The van der Waals surface area contributed by atoms with Crippen molar-refractivity contribution in [1.82, 2.24) is 0 Å². The second kappa shape index (κ2) is 4.76. The highest BCUT2D eigenvalue weighted by Gasteiger charge is 2.15. The van der Waals surface area contributed by atoms with Crippen LogP contribution in [0.2, 0.25) is 5.02 Å². The van der Waals surface area contributed by atoms with Crippen molar-refractivity contribution >= 4 is 11.6 Å². The predicted octanol–water partition coefficient (Wildman–Crippen LogP) is 3.56. The van der Waals surface area contributed by atoms with E-state index in [0.717, 1.165) is 0 Å². The molecule has 0 aliphatic rings. The molecule has 1 N–H and O–H groups in total. The number of aliphatic hydroxyl groups excluding tert-OH is 1. The molecule has 3 heteroatoms. The Kier molecular flexibility index (Phi) is 3.90. The molecule has 0 bridgehead atoms. The van der Waals surface area contributed by atoms with Crippen LogP contribution in [0.15, 0.2) is 18.2 Å². The van der Waals surface area contributed by atoms with Crippen molar-refractivity contribution in [2.45, 2.75) is 26.4 Å². The standard InChI is InChI=1S/C11H14ClFO/c1-7(2)6-10(14)8-4-3-5-9(12)11(8)13/h3-5,7,10,14H,6H2,1-2H3. The minimum atomic E-state index is -0.770. The fraction of sp³-hybridized carbons (Fsp3) is 0.455. The van der Waals surface area contributed by atoms with Gasteiger partial charge in [-0.1, -0.05) is 37.6 Å². The third kappa shape index (κ3) is 2.69. The molecule has 0 amide bonds. The van der Waals surface area contributed by atoms with Gasteiger partial charge in [0.1, 0.15) is 5.82 Å². The Labute approximate surface area is 88.5 Å². The Bertz CT molecular complexity index is 312. The molecule has 0 spiro atoms. The maximum atomic E-state index is 13.4. The fourth-order valence-electron chi connectivity index (χ4n) is 1.35. The van der Waals surface area contributed by atoms with Gasteiger partial charge in [0.15, 0.2) is 0 Å². The van der Waals surface area contributed by atoms with Crippen molar-refractivity contribution in [3.8, 4) is 0 Å². The maximum absolute atomic E-state index is 13.4.